The Morgan fingerprint density at radius 1 is 1.26 bits per heavy atom. The van der Waals surface area contributed by atoms with Gasteiger partial charge in [-0.3, -0.25) is 0 Å². The Bertz CT molecular complexity index is 791. The van der Waals surface area contributed by atoms with Gasteiger partial charge in [0.05, 0.1) is 12.2 Å². The maximum Gasteiger partial charge on any atom is 0.248 e. The fourth-order valence-electron chi connectivity index (χ4n) is 2.83. The highest BCUT2D eigenvalue weighted by atomic mass is 15.6. The largest absolute Gasteiger partial charge is 0.348 e. The predicted octanol–water partition coefficient (Wildman–Crippen LogP) is 1.24. The van der Waals surface area contributed by atoms with E-state index in [1.54, 1.807) is 4.68 Å². The number of hydrogen-bond donors (Lipinski definition) is 1. The van der Waals surface area contributed by atoms with Gasteiger partial charge in [-0.25, -0.2) is 9.67 Å². The summed E-state index contributed by atoms with van der Waals surface area (Å²) in [6, 6.07) is 10.1. The summed E-state index contributed by atoms with van der Waals surface area (Å²) in [5.41, 5.74) is 0.936. The predicted molar refractivity (Wildman–Crippen MR) is 84.3 cm³/mol. The molecule has 1 unspecified atom stereocenters. The first kappa shape index (κ1) is 13.9. The Balaban J connectivity index is 1.53. The second-order valence-electron chi connectivity index (χ2n) is 5.61. The van der Waals surface area contributed by atoms with Gasteiger partial charge in [-0.1, -0.05) is 30.2 Å². The molecule has 4 rings (SSSR count). The highest BCUT2D eigenvalue weighted by molar-refractivity contribution is 5.39. The molecule has 118 valence electrons. The van der Waals surface area contributed by atoms with Crippen molar-refractivity contribution in [2.45, 2.75) is 38.8 Å². The van der Waals surface area contributed by atoms with Crippen molar-refractivity contribution >= 4 is 5.95 Å². The lowest BCUT2D eigenvalue weighted by Crippen LogP contribution is -2.33. The van der Waals surface area contributed by atoms with Gasteiger partial charge in [0.2, 0.25) is 5.95 Å². The van der Waals surface area contributed by atoms with Crippen LogP contribution in [0.3, 0.4) is 0 Å². The Labute approximate surface area is 133 Å². The second kappa shape index (κ2) is 5.79. The minimum atomic E-state index is 0.238. The summed E-state index contributed by atoms with van der Waals surface area (Å²) >= 11 is 0. The highest BCUT2D eigenvalue weighted by Gasteiger charge is 2.23. The molecule has 0 saturated heterocycles. The quantitative estimate of drug-likeness (QED) is 0.780. The van der Waals surface area contributed by atoms with Gasteiger partial charge in [-0.2, -0.15) is 9.78 Å². The SMILES string of the molecule is CCc1nc2n(n1)CC(Nc1nnnn1-c1ccccc1)CC2. The van der Waals surface area contributed by atoms with E-state index in [0.29, 0.717) is 5.95 Å². The van der Waals surface area contributed by atoms with E-state index >= 15 is 0 Å². The van der Waals surface area contributed by atoms with E-state index in [9.17, 15) is 0 Å². The molecule has 0 fully saturated rings. The molecule has 0 amide bonds. The van der Waals surface area contributed by atoms with Crippen molar-refractivity contribution in [3.05, 3.63) is 42.0 Å². The second-order valence-corrected chi connectivity index (χ2v) is 5.61. The molecule has 0 aliphatic carbocycles. The van der Waals surface area contributed by atoms with Crippen molar-refractivity contribution < 1.29 is 0 Å². The van der Waals surface area contributed by atoms with Crippen LogP contribution in [0.25, 0.3) is 5.69 Å². The fraction of sp³-hybridized carbons (Fsp3) is 0.400. The summed E-state index contributed by atoms with van der Waals surface area (Å²) in [6.07, 6.45) is 2.77. The van der Waals surface area contributed by atoms with E-state index in [0.717, 1.165) is 43.1 Å². The fourth-order valence-corrected chi connectivity index (χ4v) is 2.83. The molecule has 23 heavy (non-hydrogen) atoms. The summed E-state index contributed by atoms with van der Waals surface area (Å²) < 4.78 is 3.71. The van der Waals surface area contributed by atoms with Crippen molar-refractivity contribution in [2.24, 2.45) is 0 Å². The van der Waals surface area contributed by atoms with Gasteiger partial charge in [0, 0.05) is 18.9 Å². The first-order valence-electron chi connectivity index (χ1n) is 7.86. The smallest absolute Gasteiger partial charge is 0.248 e. The molecule has 8 nitrogen and oxygen atoms in total. The Kier molecular flexibility index (Phi) is 3.49. The van der Waals surface area contributed by atoms with Gasteiger partial charge in [-0.05, 0) is 29.0 Å². The molecule has 0 saturated carbocycles. The molecule has 1 atom stereocenters. The maximum absolute atomic E-state index is 4.54. The van der Waals surface area contributed by atoms with Crippen molar-refractivity contribution in [3.8, 4) is 5.69 Å². The van der Waals surface area contributed by atoms with E-state index < -0.39 is 0 Å². The van der Waals surface area contributed by atoms with E-state index in [-0.39, 0.29) is 6.04 Å². The lowest BCUT2D eigenvalue weighted by molar-refractivity contribution is 0.438. The maximum atomic E-state index is 4.54. The summed E-state index contributed by atoms with van der Waals surface area (Å²) in [5.74, 6) is 2.64. The van der Waals surface area contributed by atoms with Crippen LogP contribution in [0.15, 0.2) is 30.3 Å². The number of hydrogen-bond acceptors (Lipinski definition) is 6. The van der Waals surface area contributed by atoms with Crippen LogP contribution in [-0.2, 0) is 19.4 Å². The number of para-hydroxylation sites is 1. The molecule has 3 heterocycles. The summed E-state index contributed by atoms with van der Waals surface area (Å²) in [7, 11) is 0. The molecule has 3 aromatic rings. The number of nitrogens with zero attached hydrogens (tertiary/aromatic N) is 7. The number of fused-ring (bicyclic) bond motifs is 1. The Hall–Kier alpha value is -2.77. The molecule has 0 bridgehead atoms. The molecule has 8 heteroatoms. The zero-order chi connectivity index (χ0) is 15.6. The molecule has 1 aromatic carbocycles. The number of nitrogens with one attached hydrogen (secondary N) is 1. The molecule has 1 aliphatic heterocycles. The molecule has 0 radical (unpaired) electrons. The first-order valence-corrected chi connectivity index (χ1v) is 7.86. The number of aromatic nitrogens is 7. The first-order chi connectivity index (χ1) is 11.3. The van der Waals surface area contributed by atoms with Crippen LogP contribution in [0.5, 0.6) is 0 Å². The molecule has 1 N–H and O–H groups in total. The molecule has 1 aliphatic rings. The lowest BCUT2D eigenvalue weighted by atomic mass is 10.1. The summed E-state index contributed by atoms with van der Waals surface area (Å²) in [4.78, 5) is 4.54. The Morgan fingerprint density at radius 2 is 2.13 bits per heavy atom. The molecular formula is C15H18N8. The molecule has 0 spiro atoms. The minimum Gasteiger partial charge on any atom is -0.348 e. The van der Waals surface area contributed by atoms with E-state index in [2.05, 4.69) is 37.8 Å². The van der Waals surface area contributed by atoms with Crippen LogP contribution in [-0.4, -0.2) is 41.0 Å². The number of benzene rings is 1. The van der Waals surface area contributed by atoms with Crippen molar-refractivity contribution in [3.63, 3.8) is 0 Å². The van der Waals surface area contributed by atoms with Crippen molar-refractivity contribution in [2.75, 3.05) is 5.32 Å². The van der Waals surface area contributed by atoms with E-state index in [1.165, 1.54) is 0 Å². The molecular weight excluding hydrogens is 292 g/mol. The topological polar surface area (TPSA) is 86.3 Å². The summed E-state index contributed by atoms with van der Waals surface area (Å²) in [6.45, 7) is 2.86. The van der Waals surface area contributed by atoms with Crippen LogP contribution in [0.1, 0.15) is 25.0 Å². The van der Waals surface area contributed by atoms with Gasteiger partial charge >= 0.3 is 0 Å². The van der Waals surface area contributed by atoms with Gasteiger partial charge < -0.3 is 5.32 Å². The van der Waals surface area contributed by atoms with Crippen LogP contribution >= 0.6 is 0 Å². The van der Waals surface area contributed by atoms with Crippen molar-refractivity contribution in [1.29, 1.82) is 0 Å². The minimum absolute atomic E-state index is 0.238. The lowest BCUT2D eigenvalue weighted by Gasteiger charge is -2.23. The van der Waals surface area contributed by atoms with Crippen LogP contribution in [0, 0.1) is 0 Å². The Morgan fingerprint density at radius 3 is 2.96 bits per heavy atom. The van der Waals surface area contributed by atoms with Gasteiger partial charge in [0.25, 0.3) is 0 Å². The monoisotopic (exact) mass is 310 g/mol. The number of tetrazole rings is 1. The number of anilines is 1. The zero-order valence-corrected chi connectivity index (χ0v) is 12.9. The van der Waals surface area contributed by atoms with Crippen LogP contribution in [0.4, 0.5) is 5.95 Å². The normalized spacial score (nSPS) is 17.0. The average molecular weight is 310 g/mol. The van der Waals surface area contributed by atoms with Crippen LogP contribution < -0.4 is 5.32 Å². The van der Waals surface area contributed by atoms with Gasteiger partial charge in [0.1, 0.15) is 5.82 Å². The van der Waals surface area contributed by atoms with Crippen LogP contribution in [0.2, 0.25) is 0 Å². The number of aryl methyl sites for hydroxylation is 2. The summed E-state index contributed by atoms with van der Waals surface area (Å²) in [5, 5.41) is 19.9. The zero-order valence-electron chi connectivity index (χ0n) is 12.9. The standard InChI is InChI=1S/C15H18N8/c1-2-13-17-14-9-8-11(10-22(14)19-13)16-15-18-20-21-23(15)12-6-4-3-5-7-12/h3-7,11H,2,8-10H2,1H3,(H,16,18,21). The third kappa shape index (κ3) is 2.67. The third-order valence-electron chi connectivity index (χ3n) is 4.02. The number of rotatable bonds is 4. The third-order valence-corrected chi connectivity index (χ3v) is 4.02. The van der Waals surface area contributed by atoms with Crippen molar-refractivity contribution in [1.82, 2.24) is 35.0 Å². The van der Waals surface area contributed by atoms with Gasteiger partial charge in [0.15, 0.2) is 5.82 Å². The highest BCUT2D eigenvalue weighted by Crippen LogP contribution is 2.18. The van der Waals surface area contributed by atoms with Gasteiger partial charge in [-0.15, -0.1) is 0 Å². The van der Waals surface area contributed by atoms with E-state index in [4.69, 9.17) is 0 Å². The molecule has 2 aromatic heterocycles. The average Bonchev–Trinajstić information content (AvgIpc) is 3.21. The van der Waals surface area contributed by atoms with E-state index in [1.807, 2.05) is 35.0 Å².